The van der Waals surface area contributed by atoms with Gasteiger partial charge in [0.15, 0.2) is 0 Å². The van der Waals surface area contributed by atoms with Gasteiger partial charge in [0.1, 0.15) is 0 Å². The van der Waals surface area contributed by atoms with E-state index in [-0.39, 0.29) is 6.10 Å². The lowest BCUT2D eigenvalue weighted by atomic mass is 10.1. The molecule has 2 fully saturated rings. The van der Waals surface area contributed by atoms with Crippen LogP contribution in [0, 0.1) is 0 Å². The largest absolute Gasteiger partial charge is 0.390 e. The zero-order chi connectivity index (χ0) is 10.8. The smallest absolute Gasteiger partial charge is 0.0789 e. The van der Waals surface area contributed by atoms with E-state index in [2.05, 4.69) is 16.7 Å². The minimum atomic E-state index is -0.361. The fraction of sp³-hybridized carbons (Fsp3) is 1.00. The van der Waals surface area contributed by atoms with Crippen molar-refractivity contribution in [1.82, 2.24) is 9.80 Å². The summed E-state index contributed by atoms with van der Waals surface area (Å²) >= 11 is 0. The number of β-amino-alcohol motifs (C(OH)–C–C–N with tert-alkyl or cyclic N) is 1. The Labute approximate surface area is 92.0 Å². The monoisotopic (exact) mass is 213 g/mol. The fourth-order valence-electron chi connectivity index (χ4n) is 2.85. The van der Waals surface area contributed by atoms with E-state index in [1.165, 1.54) is 19.4 Å². The molecule has 0 spiro atoms. The van der Waals surface area contributed by atoms with Crippen LogP contribution in [0.15, 0.2) is 0 Å². The van der Waals surface area contributed by atoms with E-state index in [9.17, 15) is 5.11 Å². The molecule has 0 aromatic rings. The summed E-state index contributed by atoms with van der Waals surface area (Å²) in [6.45, 7) is 6.89. The molecule has 4 nitrogen and oxygen atoms in total. The number of nitrogens with two attached hydrogens (primary N) is 1. The predicted octanol–water partition coefficient (Wildman–Crippen LogP) is -0.525. The van der Waals surface area contributed by atoms with Gasteiger partial charge in [0, 0.05) is 38.3 Å². The third kappa shape index (κ3) is 2.50. The van der Waals surface area contributed by atoms with Crippen molar-refractivity contribution in [2.24, 2.45) is 5.73 Å². The Bertz CT molecular complexity index is 212. The molecule has 0 aromatic carbocycles. The lowest BCUT2D eigenvalue weighted by molar-refractivity contribution is 0.0255. The Balaban J connectivity index is 1.89. The number of nitrogens with zero attached hydrogens (tertiary/aromatic N) is 2. The van der Waals surface area contributed by atoms with Gasteiger partial charge < -0.3 is 10.8 Å². The number of aliphatic hydroxyl groups is 1. The van der Waals surface area contributed by atoms with Gasteiger partial charge in [-0.15, -0.1) is 0 Å². The summed E-state index contributed by atoms with van der Waals surface area (Å²) in [4.78, 5) is 4.99. The van der Waals surface area contributed by atoms with Crippen LogP contribution < -0.4 is 5.73 Å². The maximum absolute atomic E-state index is 9.59. The second kappa shape index (κ2) is 4.78. The van der Waals surface area contributed by atoms with Gasteiger partial charge in [0.05, 0.1) is 6.10 Å². The van der Waals surface area contributed by atoms with Crippen LogP contribution in [0.2, 0.25) is 0 Å². The van der Waals surface area contributed by atoms with Crippen molar-refractivity contribution in [3.8, 4) is 0 Å². The summed E-state index contributed by atoms with van der Waals surface area (Å²) in [5.41, 5.74) is 5.45. The van der Waals surface area contributed by atoms with Gasteiger partial charge in [-0.1, -0.05) is 0 Å². The average Bonchev–Trinajstić information content (AvgIpc) is 2.65. The maximum Gasteiger partial charge on any atom is 0.0789 e. The molecule has 3 unspecified atom stereocenters. The van der Waals surface area contributed by atoms with Crippen LogP contribution in [0.4, 0.5) is 0 Å². The molecule has 0 aliphatic carbocycles. The van der Waals surface area contributed by atoms with E-state index >= 15 is 0 Å². The van der Waals surface area contributed by atoms with Gasteiger partial charge >= 0.3 is 0 Å². The quantitative estimate of drug-likeness (QED) is 0.662. The van der Waals surface area contributed by atoms with Crippen molar-refractivity contribution in [2.75, 3.05) is 32.7 Å². The van der Waals surface area contributed by atoms with Gasteiger partial charge in [0.25, 0.3) is 0 Å². The van der Waals surface area contributed by atoms with E-state index in [0.717, 1.165) is 25.7 Å². The molecule has 0 bridgehead atoms. The number of aliphatic hydroxyl groups excluding tert-OH is 1. The van der Waals surface area contributed by atoms with Crippen molar-refractivity contribution in [3.63, 3.8) is 0 Å². The highest BCUT2D eigenvalue weighted by molar-refractivity contribution is 4.91. The Morgan fingerprint density at radius 3 is 3.00 bits per heavy atom. The number of fused-ring (bicyclic) bond motifs is 1. The third-order valence-corrected chi connectivity index (χ3v) is 3.78. The Hall–Kier alpha value is -0.160. The van der Waals surface area contributed by atoms with E-state index in [1.54, 1.807) is 0 Å². The summed E-state index contributed by atoms with van der Waals surface area (Å²) in [5, 5.41) is 9.59. The molecular formula is C11H23N3O. The van der Waals surface area contributed by atoms with Gasteiger partial charge in [-0.2, -0.15) is 0 Å². The lowest BCUT2D eigenvalue weighted by Gasteiger charge is -2.42. The van der Waals surface area contributed by atoms with Crippen LogP contribution in [0.25, 0.3) is 0 Å². The number of hydrogen-bond donors (Lipinski definition) is 2. The molecular weight excluding hydrogens is 190 g/mol. The fourth-order valence-corrected chi connectivity index (χ4v) is 2.85. The summed E-state index contributed by atoms with van der Waals surface area (Å²) in [5.74, 6) is 0. The minimum absolute atomic E-state index is 0.361. The van der Waals surface area contributed by atoms with Crippen LogP contribution in [-0.2, 0) is 0 Å². The molecule has 0 aromatic heterocycles. The first-order valence-electron chi connectivity index (χ1n) is 6.07. The highest BCUT2D eigenvalue weighted by Gasteiger charge is 2.34. The normalized spacial score (nSPS) is 35.4. The first-order valence-corrected chi connectivity index (χ1v) is 6.07. The molecule has 2 heterocycles. The maximum atomic E-state index is 9.59. The van der Waals surface area contributed by atoms with E-state index in [0.29, 0.717) is 12.6 Å². The summed E-state index contributed by atoms with van der Waals surface area (Å²) in [7, 11) is 0. The third-order valence-electron chi connectivity index (χ3n) is 3.78. The lowest BCUT2D eigenvalue weighted by Crippen LogP contribution is -2.56. The van der Waals surface area contributed by atoms with Gasteiger partial charge in [0.2, 0.25) is 0 Å². The molecule has 2 aliphatic rings. The SMILES string of the molecule is CC1CN2CCCC2CN1CC(O)CN. The molecule has 2 rings (SSSR count). The second-order valence-corrected chi connectivity index (χ2v) is 4.98. The molecule has 3 N–H and O–H groups in total. The minimum Gasteiger partial charge on any atom is -0.390 e. The van der Waals surface area contributed by atoms with Crippen LogP contribution in [0.5, 0.6) is 0 Å². The molecule has 0 amide bonds. The Kier molecular flexibility index (Phi) is 3.61. The first-order chi connectivity index (χ1) is 7.20. The van der Waals surface area contributed by atoms with E-state index < -0.39 is 0 Å². The van der Waals surface area contributed by atoms with Gasteiger partial charge in [-0.3, -0.25) is 9.80 Å². The Morgan fingerprint density at radius 2 is 2.27 bits per heavy atom. The Morgan fingerprint density at radius 1 is 1.47 bits per heavy atom. The van der Waals surface area contributed by atoms with Crippen molar-refractivity contribution in [2.45, 2.75) is 38.0 Å². The zero-order valence-corrected chi connectivity index (χ0v) is 9.60. The highest BCUT2D eigenvalue weighted by Crippen LogP contribution is 2.24. The van der Waals surface area contributed by atoms with Crippen molar-refractivity contribution in [3.05, 3.63) is 0 Å². The van der Waals surface area contributed by atoms with Crippen LogP contribution >= 0.6 is 0 Å². The van der Waals surface area contributed by atoms with Crippen molar-refractivity contribution in [1.29, 1.82) is 0 Å². The number of hydrogen-bond acceptors (Lipinski definition) is 4. The van der Waals surface area contributed by atoms with Crippen LogP contribution in [-0.4, -0.2) is 65.8 Å². The topological polar surface area (TPSA) is 52.7 Å². The van der Waals surface area contributed by atoms with Gasteiger partial charge in [-0.25, -0.2) is 0 Å². The van der Waals surface area contributed by atoms with Crippen molar-refractivity contribution >= 4 is 0 Å². The van der Waals surface area contributed by atoms with Gasteiger partial charge in [-0.05, 0) is 26.3 Å². The molecule has 2 saturated heterocycles. The molecule has 4 heteroatoms. The molecule has 2 aliphatic heterocycles. The van der Waals surface area contributed by atoms with Crippen LogP contribution in [0.1, 0.15) is 19.8 Å². The standard InChI is InChI=1S/C11H23N3O/c1-9-6-13-4-2-3-10(13)7-14(9)8-11(15)5-12/h9-11,15H,2-8,12H2,1H3. The molecule has 88 valence electrons. The molecule has 3 atom stereocenters. The highest BCUT2D eigenvalue weighted by atomic mass is 16.3. The van der Waals surface area contributed by atoms with Crippen LogP contribution in [0.3, 0.4) is 0 Å². The predicted molar refractivity (Wildman–Crippen MR) is 60.7 cm³/mol. The number of piperazine rings is 1. The van der Waals surface area contributed by atoms with E-state index in [4.69, 9.17) is 5.73 Å². The van der Waals surface area contributed by atoms with E-state index in [1.807, 2.05) is 0 Å². The molecule has 0 radical (unpaired) electrons. The summed E-state index contributed by atoms with van der Waals surface area (Å²) in [6.07, 6.45) is 2.30. The number of rotatable bonds is 3. The summed E-state index contributed by atoms with van der Waals surface area (Å²) < 4.78 is 0. The molecule has 0 saturated carbocycles. The average molecular weight is 213 g/mol. The zero-order valence-electron chi connectivity index (χ0n) is 9.60. The second-order valence-electron chi connectivity index (χ2n) is 4.98. The van der Waals surface area contributed by atoms with Crippen molar-refractivity contribution < 1.29 is 5.11 Å². The summed E-state index contributed by atoms with van der Waals surface area (Å²) in [6, 6.07) is 1.28. The molecule has 15 heavy (non-hydrogen) atoms. The first kappa shape index (κ1) is 11.3.